The van der Waals surface area contributed by atoms with Gasteiger partial charge in [-0.15, -0.1) is 0 Å². The number of likely N-dealkylation sites (N-methyl/N-ethyl adjacent to an activating group) is 1. The average Bonchev–Trinajstić information content (AvgIpc) is 2.78. The minimum Gasteiger partial charge on any atom is -0.441 e. The summed E-state index contributed by atoms with van der Waals surface area (Å²) in [5.74, 6) is 0.647. The Morgan fingerprint density at radius 1 is 1.22 bits per heavy atom. The number of nitrogens with one attached hydrogen (secondary N) is 2. The molecule has 3 amide bonds. The molecule has 0 radical (unpaired) electrons. The van der Waals surface area contributed by atoms with Crippen molar-refractivity contribution in [3.8, 4) is 0 Å². The Morgan fingerprint density at radius 2 is 2.00 bits per heavy atom. The fraction of sp³-hybridized carbons (Fsp3) is 0.667. The highest BCUT2D eigenvalue weighted by atomic mass is 35.5. The highest BCUT2D eigenvalue weighted by Gasteiger charge is 2.33. The quantitative estimate of drug-likeness (QED) is 0.529. The maximum absolute atomic E-state index is 13.1. The Labute approximate surface area is 196 Å². The van der Waals surface area contributed by atoms with Crippen molar-refractivity contribution in [2.75, 3.05) is 26.7 Å². The number of benzene rings is 1. The molecule has 2 aliphatic rings. The fourth-order valence-electron chi connectivity index (χ4n) is 5.22. The molecule has 4 N–H and O–H groups in total. The van der Waals surface area contributed by atoms with E-state index in [2.05, 4.69) is 10.6 Å². The molecule has 178 valence electrons. The van der Waals surface area contributed by atoms with Crippen molar-refractivity contribution >= 4 is 23.7 Å². The zero-order valence-electron chi connectivity index (χ0n) is 19.0. The first-order valence-electron chi connectivity index (χ1n) is 11.9. The van der Waals surface area contributed by atoms with Crippen LogP contribution in [-0.2, 0) is 4.74 Å². The van der Waals surface area contributed by atoms with Gasteiger partial charge in [0.2, 0.25) is 0 Å². The second kappa shape index (κ2) is 12.3. The molecule has 0 bridgehead atoms. The second-order valence-corrected chi connectivity index (χ2v) is 9.64. The highest BCUT2D eigenvalue weighted by Crippen LogP contribution is 2.34. The molecular weight excluding hydrogens is 428 g/mol. The number of primary amides is 1. The molecule has 3 rings (SSSR count). The van der Waals surface area contributed by atoms with Crippen molar-refractivity contribution in [1.82, 2.24) is 15.5 Å². The minimum absolute atomic E-state index is 0.0402. The van der Waals surface area contributed by atoms with Crippen LogP contribution in [-0.4, -0.2) is 49.7 Å². The maximum Gasteiger partial charge on any atom is 0.405 e. The Bertz CT molecular complexity index is 757. The molecule has 1 aliphatic carbocycles. The van der Waals surface area contributed by atoms with Gasteiger partial charge in [-0.3, -0.25) is 0 Å². The van der Waals surface area contributed by atoms with Crippen LogP contribution in [0.15, 0.2) is 24.3 Å². The largest absolute Gasteiger partial charge is 0.441 e. The highest BCUT2D eigenvalue weighted by molar-refractivity contribution is 6.30. The third-order valence-electron chi connectivity index (χ3n) is 6.71. The van der Waals surface area contributed by atoms with Crippen molar-refractivity contribution < 1.29 is 14.3 Å². The standard InChI is InChI=1S/C24H37ClN4O3/c1-27-15-21(13-17-7-3-2-4-8-17)28-24(31)29-12-6-10-19(16-29)22(32-23(26)30)18-9-5-11-20(25)14-18/h5,9,11,14,17,19,21-22,27H,2-4,6-8,10,12-13,15-16H2,1H3,(H2,26,30)(H,28,31)/t19-,21+,22+/m1/s1. The number of amides is 3. The molecular formula is C24H37ClN4O3. The SMILES string of the molecule is CNC[C@H](CC1CCCCC1)NC(=O)N1CCC[C@@H]([C@@H](OC(N)=O)c2cccc(Cl)c2)C1. The number of hydrogen-bond donors (Lipinski definition) is 3. The summed E-state index contributed by atoms with van der Waals surface area (Å²) in [5.41, 5.74) is 6.16. The molecule has 1 saturated heterocycles. The van der Waals surface area contributed by atoms with Crippen molar-refractivity contribution in [1.29, 1.82) is 0 Å². The number of urea groups is 1. The molecule has 8 heteroatoms. The van der Waals surface area contributed by atoms with Gasteiger partial charge in [-0.1, -0.05) is 55.8 Å². The number of nitrogens with two attached hydrogens (primary N) is 1. The lowest BCUT2D eigenvalue weighted by Gasteiger charge is -2.37. The first kappa shape index (κ1) is 24.6. The molecule has 1 aromatic carbocycles. The molecule has 0 aromatic heterocycles. The first-order chi connectivity index (χ1) is 15.5. The van der Waals surface area contributed by atoms with Crippen LogP contribution >= 0.6 is 11.6 Å². The molecule has 0 unspecified atom stereocenters. The van der Waals surface area contributed by atoms with Gasteiger partial charge in [0.1, 0.15) is 6.10 Å². The van der Waals surface area contributed by atoms with E-state index in [-0.39, 0.29) is 18.0 Å². The zero-order valence-corrected chi connectivity index (χ0v) is 19.8. The van der Waals surface area contributed by atoms with Crippen LogP contribution in [0, 0.1) is 11.8 Å². The summed E-state index contributed by atoms with van der Waals surface area (Å²) in [6.07, 6.45) is 7.78. The summed E-state index contributed by atoms with van der Waals surface area (Å²) in [6, 6.07) is 7.35. The molecule has 32 heavy (non-hydrogen) atoms. The molecule has 7 nitrogen and oxygen atoms in total. The third-order valence-corrected chi connectivity index (χ3v) is 6.95. The molecule has 1 heterocycles. The molecule has 2 fully saturated rings. The summed E-state index contributed by atoms with van der Waals surface area (Å²) in [6.45, 7) is 1.96. The number of halogens is 1. The number of ether oxygens (including phenoxy) is 1. The normalized spacial score (nSPS) is 21.6. The van der Waals surface area contributed by atoms with Gasteiger partial charge in [-0.2, -0.15) is 0 Å². The summed E-state index contributed by atoms with van der Waals surface area (Å²) >= 11 is 6.16. The van der Waals surface area contributed by atoms with Crippen molar-refractivity contribution in [3.63, 3.8) is 0 Å². The van der Waals surface area contributed by atoms with E-state index < -0.39 is 12.2 Å². The number of carbonyl (C=O) groups is 2. The third kappa shape index (κ3) is 7.27. The number of rotatable bonds is 8. The zero-order chi connectivity index (χ0) is 22.9. The summed E-state index contributed by atoms with van der Waals surface area (Å²) in [7, 11) is 1.92. The second-order valence-electron chi connectivity index (χ2n) is 9.20. The van der Waals surface area contributed by atoms with E-state index in [9.17, 15) is 9.59 Å². The average molecular weight is 465 g/mol. The Kier molecular flexibility index (Phi) is 9.48. The summed E-state index contributed by atoms with van der Waals surface area (Å²) in [4.78, 5) is 26.6. The smallest absolute Gasteiger partial charge is 0.405 e. The number of likely N-dealkylation sites (tertiary alicyclic amines) is 1. The van der Waals surface area contributed by atoms with E-state index in [1.54, 1.807) is 12.1 Å². The van der Waals surface area contributed by atoms with Crippen molar-refractivity contribution in [2.24, 2.45) is 17.6 Å². The van der Waals surface area contributed by atoms with E-state index in [4.69, 9.17) is 22.1 Å². The van der Waals surface area contributed by atoms with E-state index >= 15 is 0 Å². The van der Waals surface area contributed by atoms with E-state index in [1.165, 1.54) is 32.1 Å². The minimum atomic E-state index is -0.821. The van der Waals surface area contributed by atoms with Crippen LogP contribution < -0.4 is 16.4 Å². The van der Waals surface area contributed by atoms with Crippen LogP contribution in [0.5, 0.6) is 0 Å². The van der Waals surface area contributed by atoms with Gasteiger partial charge in [0.05, 0.1) is 0 Å². The van der Waals surface area contributed by atoms with Gasteiger partial charge in [0.15, 0.2) is 0 Å². The summed E-state index contributed by atoms with van der Waals surface area (Å²) < 4.78 is 5.49. The van der Waals surface area contributed by atoms with Crippen LogP contribution in [0.25, 0.3) is 0 Å². The Balaban J connectivity index is 1.64. The predicted octanol–water partition coefficient (Wildman–Crippen LogP) is 4.46. The van der Waals surface area contributed by atoms with E-state index in [0.717, 1.165) is 31.4 Å². The molecule has 3 atom stereocenters. The predicted molar refractivity (Wildman–Crippen MR) is 127 cm³/mol. The Hall–Kier alpha value is -1.99. The van der Waals surface area contributed by atoms with Crippen LogP contribution in [0.3, 0.4) is 0 Å². The van der Waals surface area contributed by atoms with E-state index in [0.29, 0.717) is 24.0 Å². The molecule has 1 aliphatic heterocycles. The lowest BCUT2D eigenvalue weighted by Crippen LogP contribution is -2.52. The van der Waals surface area contributed by atoms with Gasteiger partial charge in [-0.25, -0.2) is 9.59 Å². The van der Waals surface area contributed by atoms with Gasteiger partial charge < -0.3 is 26.0 Å². The fourth-order valence-corrected chi connectivity index (χ4v) is 5.42. The summed E-state index contributed by atoms with van der Waals surface area (Å²) in [5, 5.41) is 7.05. The number of nitrogens with zero attached hydrogens (tertiary/aromatic N) is 1. The van der Waals surface area contributed by atoms with Gasteiger partial charge >= 0.3 is 12.1 Å². The van der Waals surface area contributed by atoms with Crippen LogP contribution in [0.1, 0.15) is 63.0 Å². The monoisotopic (exact) mass is 464 g/mol. The first-order valence-corrected chi connectivity index (χ1v) is 12.3. The lowest BCUT2D eigenvalue weighted by atomic mass is 9.85. The van der Waals surface area contributed by atoms with Gasteiger partial charge in [-0.05, 0) is 49.9 Å². The van der Waals surface area contributed by atoms with Crippen LogP contribution in [0.2, 0.25) is 5.02 Å². The number of piperidine rings is 1. The molecule has 1 aromatic rings. The molecule has 0 spiro atoms. The van der Waals surface area contributed by atoms with E-state index in [1.807, 2.05) is 24.1 Å². The lowest BCUT2D eigenvalue weighted by molar-refractivity contribution is 0.0391. The Morgan fingerprint density at radius 3 is 2.69 bits per heavy atom. The number of hydrogen-bond acceptors (Lipinski definition) is 4. The number of carbonyl (C=O) groups excluding carboxylic acids is 2. The van der Waals surface area contributed by atoms with Crippen molar-refractivity contribution in [3.05, 3.63) is 34.9 Å². The van der Waals surface area contributed by atoms with Gasteiger partial charge in [0, 0.05) is 36.6 Å². The van der Waals surface area contributed by atoms with Gasteiger partial charge in [0.25, 0.3) is 0 Å². The topological polar surface area (TPSA) is 96.7 Å². The van der Waals surface area contributed by atoms with Crippen molar-refractivity contribution in [2.45, 2.75) is 63.5 Å². The molecule has 1 saturated carbocycles. The maximum atomic E-state index is 13.1. The van der Waals surface area contributed by atoms with Crippen LogP contribution in [0.4, 0.5) is 9.59 Å².